The summed E-state index contributed by atoms with van der Waals surface area (Å²) < 4.78 is 16.0. The number of halogens is 2. The van der Waals surface area contributed by atoms with Crippen molar-refractivity contribution in [2.45, 2.75) is 13.1 Å². The van der Waals surface area contributed by atoms with Crippen molar-refractivity contribution in [1.29, 1.82) is 0 Å². The Morgan fingerprint density at radius 2 is 2.20 bits per heavy atom. The molecule has 0 N–H and O–H groups in total. The molecule has 2 aromatic rings. The molecule has 0 atom stereocenters. The van der Waals surface area contributed by atoms with Gasteiger partial charge in [-0.05, 0) is 25.2 Å². The molecule has 0 amide bonds. The molecule has 1 aliphatic heterocycles. The number of aromatic nitrogens is 2. The fourth-order valence-corrected chi connectivity index (χ4v) is 2.65. The van der Waals surface area contributed by atoms with Crippen molar-refractivity contribution in [3.8, 4) is 11.4 Å². The number of aldehydes is 1. The first-order chi connectivity index (χ1) is 9.60. The van der Waals surface area contributed by atoms with Crippen molar-refractivity contribution in [2.24, 2.45) is 0 Å². The Balaban J connectivity index is 2.17. The summed E-state index contributed by atoms with van der Waals surface area (Å²) >= 11 is 5.77. The van der Waals surface area contributed by atoms with Gasteiger partial charge in [-0.25, -0.2) is 9.37 Å². The van der Waals surface area contributed by atoms with Gasteiger partial charge in [0.25, 0.3) is 0 Å². The lowest BCUT2D eigenvalue weighted by Crippen LogP contribution is -2.30. The minimum absolute atomic E-state index is 0.340. The van der Waals surface area contributed by atoms with Gasteiger partial charge in [-0.3, -0.25) is 9.69 Å². The number of rotatable bonds is 2. The SMILES string of the molecule is CN1CCn2c(-c3ccc(Cl)cc3F)nc(C=O)c2C1. The van der Waals surface area contributed by atoms with Gasteiger partial charge in [0.15, 0.2) is 6.29 Å². The molecule has 104 valence electrons. The molecule has 0 saturated heterocycles. The predicted molar refractivity (Wildman–Crippen MR) is 74.4 cm³/mol. The van der Waals surface area contributed by atoms with Crippen LogP contribution in [-0.2, 0) is 13.1 Å². The second kappa shape index (κ2) is 5.00. The largest absolute Gasteiger partial charge is 0.325 e. The molecule has 1 aliphatic rings. The van der Waals surface area contributed by atoms with Gasteiger partial charge >= 0.3 is 0 Å². The molecule has 0 spiro atoms. The van der Waals surface area contributed by atoms with Gasteiger partial charge in [-0.2, -0.15) is 0 Å². The van der Waals surface area contributed by atoms with Crippen molar-refractivity contribution in [3.63, 3.8) is 0 Å². The highest BCUT2D eigenvalue weighted by atomic mass is 35.5. The summed E-state index contributed by atoms with van der Waals surface area (Å²) in [6, 6.07) is 4.48. The maximum atomic E-state index is 14.1. The van der Waals surface area contributed by atoms with E-state index in [4.69, 9.17) is 11.6 Å². The third kappa shape index (κ3) is 2.13. The fraction of sp³-hybridized carbons (Fsp3) is 0.286. The molecule has 2 heterocycles. The van der Waals surface area contributed by atoms with Gasteiger partial charge < -0.3 is 4.57 Å². The molecule has 4 nitrogen and oxygen atoms in total. The summed E-state index contributed by atoms with van der Waals surface area (Å²) in [6.45, 7) is 2.16. The van der Waals surface area contributed by atoms with E-state index in [0.29, 0.717) is 35.2 Å². The van der Waals surface area contributed by atoms with Crippen LogP contribution in [0.15, 0.2) is 18.2 Å². The first kappa shape index (κ1) is 13.3. The van der Waals surface area contributed by atoms with Gasteiger partial charge in [-0.15, -0.1) is 0 Å². The highest BCUT2D eigenvalue weighted by Crippen LogP contribution is 2.28. The lowest BCUT2D eigenvalue weighted by molar-refractivity contribution is 0.111. The van der Waals surface area contributed by atoms with E-state index >= 15 is 0 Å². The standard InChI is InChI=1S/C14H13ClFN3O/c1-18-4-5-19-13(7-18)12(8-20)17-14(19)10-3-2-9(15)6-11(10)16/h2-3,6,8H,4-5,7H2,1H3. The molecule has 0 radical (unpaired) electrons. The Hall–Kier alpha value is -1.72. The lowest BCUT2D eigenvalue weighted by Gasteiger charge is -2.25. The summed E-state index contributed by atoms with van der Waals surface area (Å²) in [6.07, 6.45) is 0.725. The predicted octanol–water partition coefficient (Wildman–Crippen LogP) is 2.60. The molecule has 1 aromatic heterocycles. The van der Waals surface area contributed by atoms with Crippen LogP contribution in [0.3, 0.4) is 0 Å². The van der Waals surface area contributed by atoms with Crippen molar-refractivity contribution >= 4 is 17.9 Å². The number of carbonyl (C=O) groups excluding carboxylic acids is 1. The van der Waals surface area contributed by atoms with E-state index in [0.717, 1.165) is 18.5 Å². The zero-order chi connectivity index (χ0) is 14.3. The van der Waals surface area contributed by atoms with Crippen LogP contribution < -0.4 is 0 Å². The minimum atomic E-state index is -0.429. The van der Waals surface area contributed by atoms with Gasteiger partial charge in [-0.1, -0.05) is 11.6 Å². The number of hydrogen-bond acceptors (Lipinski definition) is 3. The fourth-order valence-electron chi connectivity index (χ4n) is 2.49. The minimum Gasteiger partial charge on any atom is -0.325 e. The molecule has 0 unspecified atom stereocenters. The van der Waals surface area contributed by atoms with E-state index in [2.05, 4.69) is 9.88 Å². The Morgan fingerprint density at radius 1 is 1.40 bits per heavy atom. The quantitative estimate of drug-likeness (QED) is 0.799. The van der Waals surface area contributed by atoms with Crippen LogP contribution in [0.4, 0.5) is 4.39 Å². The second-order valence-electron chi connectivity index (χ2n) is 4.90. The number of likely N-dealkylation sites (N-methyl/N-ethyl adjacent to an activating group) is 1. The molecule has 0 saturated carbocycles. The van der Waals surface area contributed by atoms with Crippen LogP contribution in [0.2, 0.25) is 5.02 Å². The van der Waals surface area contributed by atoms with E-state index in [9.17, 15) is 9.18 Å². The van der Waals surface area contributed by atoms with Gasteiger partial charge in [0, 0.05) is 24.7 Å². The van der Waals surface area contributed by atoms with Crippen LogP contribution in [0.5, 0.6) is 0 Å². The molecular weight excluding hydrogens is 281 g/mol. The molecule has 1 aromatic carbocycles. The topological polar surface area (TPSA) is 38.1 Å². The first-order valence-electron chi connectivity index (χ1n) is 6.28. The number of benzene rings is 1. The normalized spacial score (nSPS) is 15.2. The van der Waals surface area contributed by atoms with Crippen LogP contribution in [0.1, 0.15) is 16.2 Å². The Kier molecular flexibility index (Phi) is 3.31. The van der Waals surface area contributed by atoms with Crippen molar-refractivity contribution in [3.05, 3.63) is 40.4 Å². The average Bonchev–Trinajstić information content (AvgIpc) is 2.76. The van der Waals surface area contributed by atoms with E-state index in [1.807, 2.05) is 11.6 Å². The Bertz CT molecular complexity index is 683. The summed E-state index contributed by atoms with van der Waals surface area (Å²) in [7, 11) is 1.98. The van der Waals surface area contributed by atoms with Gasteiger partial charge in [0.2, 0.25) is 0 Å². The van der Waals surface area contributed by atoms with Crippen LogP contribution in [0, 0.1) is 5.82 Å². The highest BCUT2D eigenvalue weighted by Gasteiger charge is 2.24. The molecule has 6 heteroatoms. The number of imidazole rings is 1. The van der Waals surface area contributed by atoms with Gasteiger partial charge in [0.1, 0.15) is 17.3 Å². The second-order valence-corrected chi connectivity index (χ2v) is 5.34. The van der Waals surface area contributed by atoms with Crippen LogP contribution >= 0.6 is 11.6 Å². The van der Waals surface area contributed by atoms with E-state index < -0.39 is 5.82 Å². The molecule has 0 aliphatic carbocycles. The summed E-state index contributed by atoms with van der Waals surface area (Å²) in [5.41, 5.74) is 1.58. The average molecular weight is 294 g/mol. The zero-order valence-electron chi connectivity index (χ0n) is 10.9. The monoisotopic (exact) mass is 293 g/mol. The van der Waals surface area contributed by atoms with Crippen molar-refractivity contribution < 1.29 is 9.18 Å². The van der Waals surface area contributed by atoms with Gasteiger partial charge in [0.05, 0.1) is 11.3 Å². The maximum absolute atomic E-state index is 14.1. The van der Waals surface area contributed by atoms with E-state index in [1.54, 1.807) is 12.1 Å². The van der Waals surface area contributed by atoms with E-state index in [1.165, 1.54) is 6.07 Å². The first-order valence-corrected chi connectivity index (χ1v) is 6.66. The maximum Gasteiger partial charge on any atom is 0.170 e. The number of hydrogen-bond donors (Lipinski definition) is 0. The van der Waals surface area contributed by atoms with Crippen molar-refractivity contribution in [1.82, 2.24) is 14.5 Å². The number of carbonyl (C=O) groups is 1. The highest BCUT2D eigenvalue weighted by molar-refractivity contribution is 6.30. The molecule has 3 rings (SSSR count). The summed E-state index contributed by atoms with van der Waals surface area (Å²) in [5, 5.41) is 0.340. The smallest absolute Gasteiger partial charge is 0.170 e. The third-order valence-corrected chi connectivity index (χ3v) is 3.75. The lowest BCUT2D eigenvalue weighted by atomic mass is 10.2. The molecular formula is C14H13ClFN3O. The molecule has 0 fully saturated rings. The zero-order valence-corrected chi connectivity index (χ0v) is 11.7. The van der Waals surface area contributed by atoms with Crippen molar-refractivity contribution in [2.75, 3.05) is 13.6 Å². The third-order valence-electron chi connectivity index (χ3n) is 3.51. The van der Waals surface area contributed by atoms with E-state index in [-0.39, 0.29) is 0 Å². The molecule has 0 bridgehead atoms. The Labute approximate surface area is 120 Å². The Morgan fingerprint density at radius 3 is 2.90 bits per heavy atom. The number of fused-ring (bicyclic) bond motifs is 1. The molecule has 20 heavy (non-hydrogen) atoms. The number of nitrogens with zero attached hydrogens (tertiary/aromatic N) is 3. The van der Waals surface area contributed by atoms with Crippen LogP contribution in [0.25, 0.3) is 11.4 Å². The van der Waals surface area contributed by atoms with Crippen LogP contribution in [-0.4, -0.2) is 34.3 Å². The summed E-state index contributed by atoms with van der Waals surface area (Å²) in [4.78, 5) is 17.6. The summed E-state index contributed by atoms with van der Waals surface area (Å²) in [5.74, 6) is 0.0612.